The average molecular weight is 279 g/mol. The molecule has 0 amide bonds. The number of aryl methyl sites for hydroxylation is 2. The van der Waals surface area contributed by atoms with Crippen LogP contribution in [-0.4, -0.2) is 6.54 Å². The first kappa shape index (κ1) is 14.3. The molecule has 1 atom stereocenters. The second-order valence-electron chi connectivity index (χ2n) is 6.24. The maximum absolute atomic E-state index is 3.69. The van der Waals surface area contributed by atoms with Crippen molar-refractivity contribution in [1.82, 2.24) is 5.32 Å². The SMILES string of the molecule is CCCNC1CCc2c(-c3cc(C)ccc3C)cccc21. The van der Waals surface area contributed by atoms with E-state index in [1.54, 1.807) is 5.56 Å². The minimum Gasteiger partial charge on any atom is -0.310 e. The molecule has 0 radical (unpaired) electrons. The highest BCUT2D eigenvalue weighted by Crippen LogP contribution is 2.38. The summed E-state index contributed by atoms with van der Waals surface area (Å²) in [5, 5.41) is 3.69. The Hall–Kier alpha value is -1.60. The molecule has 2 aromatic rings. The molecule has 0 heterocycles. The predicted molar refractivity (Wildman–Crippen MR) is 90.7 cm³/mol. The van der Waals surface area contributed by atoms with E-state index in [9.17, 15) is 0 Å². The summed E-state index contributed by atoms with van der Waals surface area (Å²) >= 11 is 0. The van der Waals surface area contributed by atoms with Gasteiger partial charge < -0.3 is 5.32 Å². The van der Waals surface area contributed by atoms with Crippen molar-refractivity contribution in [2.75, 3.05) is 6.54 Å². The topological polar surface area (TPSA) is 12.0 Å². The van der Waals surface area contributed by atoms with Crippen LogP contribution in [0.5, 0.6) is 0 Å². The molecule has 0 aromatic heterocycles. The van der Waals surface area contributed by atoms with Gasteiger partial charge >= 0.3 is 0 Å². The lowest BCUT2D eigenvalue weighted by Crippen LogP contribution is -2.19. The van der Waals surface area contributed by atoms with Crippen molar-refractivity contribution in [2.45, 2.75) is 46.1 Å². The van der Waals surface area contributed by atoms with Crippen LogP contribution in [0.3, 0.4) is 0 Å². The normalized spacial score (nSPS) is 17.0. The standard InChI is InChI=1S/C20H25N/c1-4-12-21-20-11-10-17-16(6-5-7-18(17)20)19-13-14(2)8-9-15(19)3/h5-9,13,20-21H,4,10-12H2,1-3H3. The van der Waals surface area contributed by atoms with Gasteiger partial charge in [0.15, 0.2) is 0 Å². The summed E-state index contributed by atoms with van der Waals surface area (Å²) in [6.07, 6.45) is 3.62. The van der Waals surface area contributed by atoms with E-state index < -0.39 is 0 Å². The predicted octanol–water partition coefficient (Wildman–Crippen LogP) is 4.96. The van der Waals surface area contributed by atoms with Crippen LogP contribution in [0.4, 0.5) is 0 Å². The third kappa shape index (κ3) is 2.75. The molecule has 1 aliphatic carbocycles. The molecule has 1 heteroatoms. The molecule has 1 N–H and O–H groups in total. The van der Waals surface area contributed by atoms with Gasteiger partial charge in [0.25, 0.3) is 0 Å². The van der Waals surface area contributed by atoms with Crippen LogP contribution in [0.1, 0.15) is 48.1 Å². The molecule has 0 fully saturated rings. The van der Waals surface area contributed by atoms with Crippen molar-refractivity contribution in [2.24, 2.45) is 0 Å². The smallest absolute Gasteiger partial charge is 0.0326 e. The molecule has 1 unspecified atom stereocenters. The zero-order chi connectivity index (χ0) is 14.8. The first-order valence-electron chi connectivity index (χ1n) is 8.13. The molecule has 0 saturated heterocycles. The van der Waals surface area contributed by atoms with Crippen LogP contribution < -0.4 is 5.32 Å². The fourth-order valence-electron chi connectivity index (χ4n) is 3.46. The summed E-state index contributed by atoms with van der Waals surface area (Å²) in [4.78, 5) is 0. The Morgan fingerprint density at radius 1 is 1.10 bits per heavy atom. The van der Waals surface area contributed by atoms with Crippen LogP contribution in [0.15, 0.2) is 36.4 Å². The Morgan fingerprint density at radius 3 is 2.76 bits per heavy atom. The molecule has 21 heavy (non-hydrogen) atoms. The van der Waals surface area contributed by atoms with Gasteiger partial charge in [-0.25, -0.2) is 0 Å². The second-order valence-corrected chi connectivity index (χ2v) is 6.24. The summed E-state index contributed by atoms with van der Waals surface area (Å²) in [5.41, 5.74) is 8.63. The van der Waals surface area contributed by atoms with Crippen molar-refractivity contribution in [1.29, 1.82) is 0 Å². The van der Waals surface area contributed by atoms with E-state index in [1.807, 2.05) is 0 Å². The van der Waals surface area contributed by atoms with Crippen molar-refractivity contribution in [3.8, 4) is 11.1 Å². The van der Waals surface area contributed by atoms with Crippen LogP contribution in [0.2, 0.25) is 0 Å². The Labute approximate surface area is 128 Å². The highest BCUT2D eigenvalue weighted by molar-refractivity contribution is 5.73. The molecule has 2 aromatic carbocycles. The van der Waals surface area contributed by atoms with Crippen molar-refractivity contribution in [3.63, 3.8) is 0 Å². The second kappa shape index (κ2) is 6.03. The lowest BCUT2D eigenvalue weighted by atomic mass is 9.92. The van der Waals surface area contributed by atoms with Crippen molar-refractivity contribution < 1.29 is 0 Å². The first-order valence-corrected chi connectivity index (χ1v) is 8.13. The van der Waals surface area contributed by atoms with E-state index in [2.05, 4.69) is 62.5 Å². The minimum atomic E-state index is 0.546. The Kier molecular flexibility index (Phi) is 4.12. The van der Waals surface area contributed by atoms with Gasteiger partial charge in [-0.2, -0.15) is 0 Å². The summed E-state index contributed by atoms with van der Waals surface area (Å²) in [5.74, 6) is 0. The maximum atomic E-state index is 3.69. The Bertz CT molecular complexity index is 642. The third-order valence-corrected chi connectivity index (χ3v) is 4.59. The fraction of sp³-hybridized carbons (Fsp3) is 0.400. The van der Waals surface area contributed by atoms with Gasteiger partial charge in [0.1, 0.15) is 0 Å². The number of nitrogens with one attached hydrogen (secondary N) is 1. The van der Waals surface area contributed by atoms with Crippen molar-refractivity contribution >= 4 is 0 Å². The molecule has 0 bridgehead atoms. The van der Waals surface area contributed by atoms with Gasteiger partial charge in [-0.1, -0.05) is 48.9 Å². The maximum Gasteiger partial charge on any atom is 0.0326 e. The van der Waals surface area contributed by atoms with Gasteiger partial charge in [-0.05, 0) is 67.5 Å². The van der Waals surface area contributed by atoms with Gasteiger partial charge in [0.2, 0.25) is 0 Å². The van der Waals surface area contributed by atoms with E-state index in [0.29, 0.717) is 6.04 Å². The average Bonchev–Trinajstić information content (AvgIpc) is 2.91. The summed E-state index contributed by atoms with van der Waals surface area (Å²) in [6.45, 7) is 7.74. The van der Waals surface area contributed by atoms with Crippen LogP contribution in [0, 0.1) is 13.8 Å². The minimum absolute atomic E-state index is 0.546. The molecular weight excluding hydrogens is 254 g/mol. The van der Waals surface area contributed by atoms with Crippen LogP contribution in [-0.2, 0) is 6.42 Å². The third-order valence-electron chi connectivity index (χ3n) is 4.59. The number of fused-ring (bicyclic) bond motifs is 1. The number of hydrogen-bond acceptors (Lipinski definition) is 1. The van der Waals surface area contributed by atoms with E-state index in [0.717, 1.165) is 6.54 Å². The highest BCUT2D eigenvalue weighted by atomic mass is 14.9. The largest absolute Gasteiger partial charge is 0.310 e. The quantitative estimate of drug-likeness (QED) is 0.834. The molecule has 110 valence electrons. The Morgan fingerprint density at radius 2 is 1.95 bits per heavy atom. The van der Waals surface area contributed by atoms with Gasteiger partial charge in [0, 0.05) is 6.04 Å². The van der Waals surface area contributed by atoms with E-state index >= 15 is 0 Å². The van der Waals surface area contributed by atoms with Gasteiger partial charge in [-0.15, -0.1) is 0 Å². The first-order chi connectivity index (χ1) is 10.2. The summed E-state index contributed by atoms with van der Waals surface area (Å²) < 4.78 is 0. The van der Waals surface area contributed by atoms with E-state index in [-0.39, 0.29) is 0 Å². The molecule has 1 nitrogen and oxygen atoms in total. The number of benzene rings is 2. The zero-order valence-corrected chi connectivity index (χ0v) is 13.4. The van der Waals surface area contributed by atoms with Crippen LogP contribution in [0.25, 0.3) is 11.1 Å². The van der Waals surface area contributed by atoms with Gasteiger partial charge in [0.05, 0.1) is 0 Å². The monoisotopic (exact) mass is 279 g/mol. The lowest BCUT2D eigenvalue weighted by Gasteiger charge is -2.15. The lowest BCUT2D eigenvalue weighted by molar-refractivity contribution is 0.529. The Balaban J connectivity index is 2.02. The van der Waals surface area contributed by atoms with E-state index in [1.165, 1.54) is 47.1 Å². The molecule has 0 spiro atoms. The fourth-order valence-corrected chi connectivity index (χ4v) is 3.46. The molecule has 0 aliphatic heterocycles. The highest BCUT2D eigenvalue weighted by Gasteiger charge is 2.24. The summed E-state index contributed by atoms with van der Waals surface area (Å²) in [6, 6.07) is 14.1. The van der Waals surface area contributed by atoms with Gasteiger partial charge in [-0.3, -0.25) is 0 Å². The molecule has 1 aliphatic rings. The number of rotatable bonds is 4. The number of hydrogen-bond donors (Lipinski definition) is 1. The van der Waals surface area contributed by atoms with E-state index in [4.69, 9.17) is 0 Å². The molecule has 0 saturated carbocycles. The summed E-state index contributed by atoms with van der Waals surface area (Å²) in [7, 11) is 0. The van der Waals surface area contributed by atoms with Crippen molar-refractivity contribution in [3.05, 3.63) is 58.7 Å². The molecular formula is C20H25N. The zero-order valence-electron chi connectivity index (χ0n) is 13.4. The van der Waals surface area contributed by atoms with Crippen LogP contribution >= 0.6 is 0 Å². The molecule has 3 rings (SSSR count).